The van der Waals surface area contributed by atoms with Crippen LogP contribution in [-0.2, 0) is 17.8 Å². The van der Waals surface area contributed by atoms with Crippen molar-refractivity contribution in [2.45, 2.75) is 32.9 Å². The lowest BCUT2D eigenvalue weighted by atomic mass is 10.2. The molecule has 1 aliphatic rings. The van der Waals surface area contributed by atoms with Gasteiger partial charge in [-0.15, -0.1) is 23.1 Å². The molecule has 3 rings (SSSR count). The van der Waals surface area contributed by atoms with Gasteiger partial charge in [0.2, 0.25) is 5.91 Å². The molecule has 2 amide bonds. The van der Waals surface area contributed by atoms with E-state index in [-0.39, 0.29) is 11.8 Å². The quantitative estimate of drug-likeness (QED) is 0.872. The fourth-order valence-electron chi connectivity index (χ4n) is 2.88. The van der Waals surface area contributed by atoms with Crippen LogP contribution in [0.15, 0.2) is 36.4 Å². The topological polar surface area (TPSA) is 49.4 Å². The van der Waals surface area contributed by atoms with Crippen molar-refractivity contribution in [2.24, 2.45) is 0 Å². The number of thioether (sulfide) groups is 1. The van der Waals surface area contributed by atoms with E-state index in [1.54, 1.807) is 16.7 Å². The van der Waals surface area contributed by atoms with Gasteiger partial charge in [-0.2, -0.15) is 0 Å². The molecule has 132 valence electrons. The number of nitrogens with zero attached hydrogens (tertiary/aromatic N) is 1. The maximum absolute atomic E-state index is 12.9. The van der Waals surface area contributed by atoms with Gasteiger partial charge < -0.3 is 10.2 Å². The molecule has 2 aromatic rings. The van der Waals surface area contributed by atoms with Crippen molar-refractivity contribution in [3.8, 4) is 0 Å². The molecule has 1 fully saturated rings. The average Bonchev–Trinajstić information content (AvgIpc) is 3.26. The maximum Gasteiger partial charge on any atom is 0.265 e. The summed E-state index contributed by atoms with van der Waals surface area (Å²) in [6.07, 6.45) is 0.922. The van der Waals surface area contributed by atoms with E-state index in [4.69, 9.17) is 0 Å². The number of hydrogen-bond acceptors (Lipinski definition) is 4. The Morgan fingerprint density at radius 2 is 2.04 bits per heavy atom. The molecule has 1 unspecified atom stereocenters. The third kappa shape index (κ3) is 4.07. The zero-order valence-electron chi connectivity index (χ0n) is 14.5. The second-order valence-electron chi connectivity index (χ2n) is 6.04. The summed E-state index contributed by atoms with van der Waals surface area (Å²) in [5, 5.41) is 2.96. The number of rotatable bonds is 5. The molecule has 6 heteroatoms. The van der Waals surface area contributed by atoms with Crippen LogP contribution < -0.4 is 5.32 Å². The second-order valence-corrected chi connectivity index (χ2v) is 8.30. The zero-order valence-corrected chi connectivity index (χ0v) is 16.1. The second kappa shape index (κ2) is 8.06. The highest BCUT2D eigenvalue weighted by molar-refractivity contribution is 7.99. The average molecular weight is 375 g/mol. The van der Waals surface area contributed by atoms with Crippen LogP contribution in [0.25, 0.3) is 0 Å². The minimum Gasteiger partial charge on any atom is -0.350 e. The summed E-state index contributed by atoms with van der Waals surface area (Å²) in [4.78, 5) is 29.1. The molecule has 25 heavy (non-hydrogen) atoms. The lowest BCUT2D eigenvalue weighted by Gasteiger charge is -2.22. The first-order valence-electron chi connectivity index (χ1n) is 8.39. The van der Waals surface area contributed by atoms with Gasteiger partial charge in [0.25, 0.3) is 5.91 Å². The van der Waals surface area contributed by atoms with Crippen LogP contribution in [0.1, 0.15) is 32.6 Å². The van der Waals surface area contributed by atoms with Crippen molar-refractivity contribution in [3.05, 3.63) is 57.3 Å². The Kier molecular flexibility index (Phi) is 5.81. The number of carbonyl (C=O) groups excluding carboxylic acids is 2. The van der Waals surface area contributed by atoms with Crippen molar-refractivity contribution in [3.63, 3.8) is 0 Å². The van der Waals surface area contributed by atoms with Gasteiger partial charge >= 0.3 is 0 Å². The molecule has 4 nitrogen and oxygen atoms in total. The summed E-state index contributed by atoms with van der Waals surface area (Å²) in [6.45, 7) is 4.62. The summed E-state index contributed by atoms with van der Waals surface area (Å²) in [6, 6.07) is 11.4. The molecule has 1 N–H and O–H groups in total. The van der Waals surface area contributed by atoms with Crippen molar-refractivity contribution in [1.29, 1.82) is 0 Å². The molecule has 2 heterocycles. The van der Waals surface area contributed by atoms with E-state index < -0.39 is 6.04 Å². The highest BCUT2D eigenvalue weighted by Crippen LogP contribution is 2.28. The Labute approximate surface area is 156 Å². The molecule has 0 bridgehead atoms. The summed E-state index contributed by atoms with van der Waals surface area (Å²) in [7, 11) is 0. The molecule has 1 aromatic carbocycles. The van der Waals surface area contributed by atoms with E-state index in [9.17, 15) is 9.59 Å². The minimum absolute atomic E-state index is 0.0299. The normalized spacial score (nSPS) is 16.9. The fraction of sp³-hybridized carbons (Fsp3) is 0.368. The Morgan fingerprint density at radius 1 is 1.28 bits per heavy atom. The van der Waals surface area contributed by atoms with Crippen molar-refractivity contribution >= 4 is 34.9 Å². The van der Waals surface area contributed by atoms with Crippen molar-refractivity contribution in [1.82, 2.24) is 10.2 Å². The standard InChI is InChI=1S/C19H22N2O2S2/c1-3-15-9-17(25-13(15)2)19(23)21-12-24-11-16(21)18(22)20-10-14-7-5-4-6-8-14/h4-9,16H,3,10-12H2,1-2H3,(H,20,22). The molecule has 0 saturated carbocycles. The van der Waals surface area contributed by atoms with Crippen LogP contribution in [0.2, 0.25) is 0 Å². The fourth-order valence-corrected chi connectivity index (χ4v) is 5.10. The van der Waals surface area contributed by atoms with E-state index in [0.29, 0.717) is 18.2 Å². The molecule has 1 atom stereocenters. The number of aryl methyl sites for hydroxylation is 2. The number of hydrogen-bond donors (Lipinski definition) is 1. The summed E-state index contributed by atoms with van der Waals surface area (Å²) in [5.74, 6) is 1.11. The first-order valence-corrected chi connectivity index (χ1v) is 10.4. The van der Waals surface area contributed by atoms with Gasteiger partial charge in [0.1, 0.15) is 6.04 Å². The summed E-state index contributed by atoms with van der Waals surface area (Å²) >= 11 is 3.15. The molecule has 0 spiro atoms. The van der Waals surface area contributed by atoms with Gasteiger partial charge in [-0.25, -0.2) is 0 Å². The number of amides is 2. The highest BCUT2D eigenvalue weighted by atomic mass is 32.2. The predicted octanol–water partition coefficient (Wildman–Crippen LogP) is 3.45. The number of carbonyl (C=O) groups is 2. The smallest absolute Gasteiger partial charge is 0.265 e. The van der Waals surface area contributed by atoms with E-state index >= 15 is 0 Å². The lowest BCUT2D eigenvalue weighted by Crippen LogP contribution is -2.46. The minimum atomic E-state index is -0.395. The monoisotopic (exact) mass is 374 g/mol. The molecule has 1 aromatic heterocycles. The van der Waals surface area contributed by atoms with Gasteiger partial charge in [0, 0.05) is 17.2 Å². The SMILES string of the molecule is CCc1cc(C(=O)N2CSCC2C(=O)NCc2ccccc2)sc1C. The first kappa shape index (κ1) is 18.0. The van der Waals surface area contributed by atoms with Crippen LogP contribution >= 0.6 is 23.1 Å². The third-order valence-corrected chi connectivity index (χ3v) is 6.46. The summed E-state index contributed by atoms with van der Waals surface area (Å²) < 4.78 is 0. The molecule has 0 aliphatic carbocycles. The molecule has 1 aliphatic heterocycles. The van der Waals surface area contributed by atoms with Crippen molar-refractivity contribution < 1.29 is 9.59 Å². The first-order chi connectivity index (χ1) is 12.1. The van der Waals surface area contributed by atoms with E-state index in [0.717, 1.165) is 16.9 Å². The Hall–Kier alpha value is -1.79. The molecule has 1 saturated heterocycles. The lowest BCUT2D eigenvalue weighted by molar-refractivity contribution is -0.124. The maximum atomic E-state index is 12.9. The highest BCUT2D eigenvalue weighted by Gasteiger charge is 2.35. The van der Waals surface area contributed by atoms with Crippen LogP contribution in [-0.4, -0.2) is 34.4 Å². The van der Waals surface area contributed by atoms with Gasteiger partial charge in [0.05, 0.1) is 10.8 Å². The van der Waals surface area contributed by atoms with E-state index in [2.05, 4.69) is 12.2 Å². The van der Waals surface area contributed by atoms with Crippen molar-refractivity contribution in [2.75, 3.05) is 11.6 Å². The predicted molar refractivity (Wildman–Crippen MR) is 104 cm³/mol. The van der Waals surface area contributed by atoms with E-state index in [1.165, 1.54) is 21.8 Å². The van der Waals surface area contributed by atoms with Crippen LogP contribution in [0.3, 0.4) is 0 Å². The Bertz CT molecular complexity index is 758. The van der Waals surface area contributed by atoms with Gasteiger partial charge in [-0.3, -0.25) is 9.59 Å². The molecular formula is C19H22N2O2S2. The van der Waals surface area contributed by atoms with Crippen LogP contribution in [0.4, 0.5) is 0 Å². The van der Waals surface area contributed by atoms with Crippen LogP contribution in [0.5, 0.6) is 0 Å². The van der Waals surface area contributed by atoms with Gasteiger partial charge in [-0.05, 0) is 30.5 Å². The molecular weight excluding hydrogens is 352 g/mol. The Balaban J connectivity index is 1.66. The summed E-state index contributed by atoms with van der Waals surface area (Å²) in [5.41, 5.74) is 2.27. The third-order valence-electron chi connectivity index (χ3n) is 4.37. The van der Waals surface area contributed by atoms with Gasteiger partial charge in [0.15, 0.2) is 0 Å². The molecule has 0 radical (unpaired) electrons. The Morgan fingerprint density at radius 3 is 2.72 bits per heavy atom. The zero-order chi connectivity index (χ0) is 17.8. The van der Waals surface area contributed by atoms with Crippen LogP contribution in [0, 0.1) is 6.92 Å². The number of benzene rings is 1. The van der Waals surface area contributed by atoms with Gasteiger partial charge in [-0.1, -0.05) is 37.3 Å². The largest absolute Gasteiger partial charge is 0.350 e. The number of nitrogens with one attached hydrogen (secondary N) is 1. The van der Waals surface area contributed by atoms with E-state index in [1.807, 2.05) is 43.3 Å². The number of thiophene rings is 1.